The molecule has 1 aliphatic carbocycles. The smallest absolute Gasteiger partial charge is 0.258 e. The lowest BCUT2D eigenvalue weighted by Crippen LogP contribution is -2.14. The van der Waals surface area contributed by atoms with E-state index in [0.29, 0.717) is 0 Å². The summed E-state index contributed by atoms with van der Waals surface area (Å²) in [5, 5.41) is 10.2. The number of hydrogen-bond acceptors (Lipinski definition) is 2. The van der Waals surface area contributed by atoms with Gasteiger partial charge in [0, 0.05) is 9.50 Å². The van der Waals surface area contributed by atoms with Crippen LogP contribution in [0.3, 0.4) is 0 Å². The number of halogens is 1. The van der Waals surface area contributed by atoms with E-state index in [1.807, 2.05) is 13.0 Å². The quantitative estimate of drug-likeness (QED) is 0.316. The topological polar surface area (TPSA) is 43.1 Å². The Bertz CT molecular complexity index is 243. The van der Waals surface area contributed by atoms with Crippen LogP contribution in [0.5, 0.6) is 0 Å². The maximum absolute atomic E-state index is 10.2. The molecule has 0 radical (unpaired) electrons. The Morgan fingerprint density at radius 1 is 1.82 bits per heavy atom. The Labute approximate surface area is 78.5 Å². The zero-order valence-corrected chi connectivity index (χ0v) is 8.24. The highest BCUT2D eigenvalue weighted by Gasteiger charge is 2.21. The molecule has 1 atom stereocenters. The molecule has 0 saturated carbocycles. The van der Waals surface area contributed by atoms with E-state index < -0.39 is 0 Å². The van der Waals surface area contributed by atoms with Crippen LogP contribution in [0.25, 0.3) is 0 Å². The lowest BCUT2D eigenvalue weighted by atomic mass is 10.0. The molecule has 11 heavy (non-hydrogen) atoms. The van der Waals surface area contributed by atoms with Crippen molar-refractivity contribution in [2.75, 3.05) is 0 Å². The van der Waals surface area contributed by atoms with E-state index in [0.717, 1.165) is 6.42 Å². The van der Waals surface area contributed by atoms with Crippen LogP contribution in [0, 0.1) is 10.1 Å². The van der Waals surface area contributed by atoms with E-state index in [-0.39, 0.29) is 14.0 Å². The molecule has 1 rings (SSSR count). The molecule has 1 aliphatic rings. The Balaban J connectivity index is 2.75. The van der Waals surface area contributed by atoms with Crippen molar-refractivity contribution in [1.29, 1.82) is 0 Å². The fraction of sp³-hybridized carbons (Fsp3) is 0.429. The molecule has 0 fully saturated rings. The molecule has 0 aromatic heterocycles. The molecule has 0 bridgehead atoms. The van der Waals surface area contributed by atoms with Crippen molar-refractivity contribution in [3.05, 3.63) is 34.0 Å². The van der Waals surface area contributed by atoms with Gasteiger partial charge in [0.25, 0.3) is 5.70 Å². The first kappa shape index (κ1) is 8.70. The summed E-state index contributed by atoms with van der Waals surface area (Å²) in [7, 11) is 0. The van der Waals surface area contributed by atoms with E-state index in [9.17, 15) is 10.1 Å². The summed E-state index contributed by atoms with van der Waals surface area (Å²) in [6.45, 7) is 2.04. The number of hydrogen-bond donors (Lipinski definition) is 0. The first-order chi connectivity index (χ1) is 5.01. The zero-order chi connectivity index (χ0) is 8.48. The van der Waals surface area contributed by atoms with E-state index in [1.165, 1.54) is 0 Å². The molecule has 3 nitrogen and oxygen atoms in total. The van der Waals surface area contributed by atoms with E-state index >= 15 is 0 Å². The molecule has 60 valence electrons. The van der Waals surface area contributed by atoms with Gasteiger partial charge >= 0.3 is 0 Å². The second kappa shape index (κ2) is 2.92. The van der Waals surface area contributed by atoms with Crippen LogP contribution in [0.4, 0.5) is 0 Å². The summed E-state index contributed by atoms with van der Waals surface area (Å²) in [6, 6.07) is 0. The highest BCUT2D eigenvalue weighted by atomic mass is 127. The van der Waals surface area contributed by atoms with Crippen molar-refractivity contribution in [1.82, 2.24) is 0 Å². The normalized spacial score (nSPS) is 29.8. The van der Waals surface area contributed by atoms with Gasteiger partial charge in [-0.1, -0.05) is 28.7 Å². The van der Waals surface area contributed by atoms with Crippen molar-refractivity contribution in [3.63, 3.8) is 0 Å². The first-order valence-corrected chi connectivity index (χ1v) is 4.32. The van der Waals surface area contributed by atoms with Crippen molar-refractivity contribution >= 4 is 22.6 Å². The van der Waals surface area contributed by atoms with Gasteiger partial charge in [-0.25, -0.2) is 0 Å². The lowest BCUT2D eigenvalue weighted by Gasteiger charge is -2.17. The highest BCUT2D eigenvalue weighted by molar-refractivity contribution is 14.1. The molecule has 0 aromatic carbocycles. The highest BCUT2D eigenvalue weighted by Crippen LogP contribution is 2.29. The SMILES string of the molecule is C[C@@]1(I)C=CC([N+](=O)[O-])=CC1. The predicted molar refractivity (Wildman–Crippen MR) is 51.3 cm³/mol. The maximum atomic E-state index is 10.2. The van der Waals surface area contributed by atoms with Gasteiger partial charge in [-0.3, -0.25) is 10.1 Å². The van der Waals surface area contributed by atoms with Gasteiger partial charge in [0.05, 0.1) is 4.92 Å². The number of nitrogens with zero attached hydrogens (tertiary/aromatic N) is 1. The van der Waals surface area contributed by atoms with Crippen LogP contribution in [-0.2, 0) is 0 Å². The van der Waals surface area contributed by atoms with E-state index in [1.54, 1.807) is 12.2 Å². The van der Waals surface area contributed by atoms with Crippen LogP contribution in [0.15, 0.2) is 23.9 Å². The molecule has 0 unspecified atom stereocenters. The van der Waals surface area contributed by atoms with Gasteiger partial charge in [0.15, 0.2) is 0 Å². The summed E-state index contributed by atoms with van der Waals surface area (Å²) < 4.78 is 0.0528. The molecule has 0 N–H and O–H groups in total. The van der Waals surface area contributed by atoms with Gasteiger partial charge in [-0.2, -0.15) is 0 Å². The summed E-state index contributed by atoms with van der Waals surface area (Å²) in [5.74, 6) is 0. The van der Waals surface area contributed by atoms with Crippen LogP contribution in [0.1, 0.15) is 13.3 Å². The van der Waals surface area contributed by atoms with Crippen molar-refractivity contribution in [3.8, 4) is 0 Å². The summed E-state index contributed by atoms with van der Waals surface area (Å²) in [4.78, 5) is 9.89. The van der Waals surface area contributed by atoms with E-state index in [4.69, 9.17) is 0 Å². The monoisotopic (exact) mass is 265 g/mol. The fourth-order valence-electron chi connectivity index (χ4n) is 0.835. The molecule has 0 heterocycles. The minimum absolute atomic E-state index is 0.0528. The number of nitro groups is 1. The Hall–Kier alpha value is -0.390. The molecule has 0 aliphatic heterocycles. The Morgan fingerprint density at radius 2 is 2.45 bits per heavy atom. The second-order valence-electron chi connectivity index (χ2n) is 2.70. The predicted octanol–water partition coefficient (Wildman–Crippen LogP) is 2.30. The minimum Gasteiger partial charge on any atom is -0.258 e. The average Bonchev–Trinajstić information content (AvgIpc) is 1.86. The molecule has 0 amide bonds. The second-order valence-corrected chi connectivity index (χ2v) is 5.17. The maximum Gasteiger partial charge on any atom is 0.265 e. The lowest BCUT2D eigenvalue weighted by molar-refractivity contribution is -0.419. The largest absolute Gasteiger partial charge is 0.265 e. The number of alkyl halides is 1. The third kappa shape index (κ3) is 2.28. The minimum atomic E-state index is -0.359. The van der Waals surface area contributed by atoms with Crippen LogP contribution in [-0.4, -0.2) is 8.35 Å². The van der Waals surface area contributed by atoms with Gasteiger partial charge in [0.2, 0.25) is 0 Å². The Morgan fingerprint density at radius 3 is 2.82 bits per heavy atom. The first-order valence-electron chi connectivity index (χ1n) is 3.24. The molecular formula is C7H8INO2. The zero-order valence-electron chi connectivity index (χ0n) is 6.08. The molecular weight excluding hydrogens is 257 g/mol. The molecule has 0 saturated heterocycles. The van der Waals surface area contributed by atoms with E-state index in [2.05, 4.69) is 22.6 Å². The summed E-state index contributed by atoms with van der Waals surface area (Å²) in [5.41, 5.74) is 0.208. The van der Waals surface area contributed by atoms with Crippen LogP contribution in [0.2, 0.25) is 0 Å². The fourth-order valence-corrected chi connectivity index (χ4v) is 1.23. The van der Waals surface area contributed by atoms with Crippen LogP contribution < -0.4 is 0 Å². The van der Waals surface area contributed by atoms with Crippen molar-refractivity contribution in [2.24, 2.45) is 0 Å². The Kier molecular flexibility index (Phi) is 2.31. The number of rotatable bonds is 1. The molecule has 0 aromatic rings. The number of allylic oxidation sites excluding steroid dienone is 3. The molecule has 0 spiro atoms. The third-order valence-corrected chi connectivity index (χ3v) is 2.32. The standard InChI is InChI=1S/C7H8INO2/c1-7(8)4-2-6(3-5-7)9(10)11/h2-4H,5H2,1H3/t7-/m1/s1. The van der Waals surface area contributed by atoms with Crippen molar-refractivity contribution in [2.45, 2.75) is 16.8 Å². The van der Waals surface area contributed by atoms with Gasteiger partial charge in [-0.05, 0) is 19.4 Å². The third-order valence-electron chi connectivity index (χ3n) is 1.52. The summed E-state index contributed by atoms with van der Waals surface area (Å²) >= 11 is 2.27. The van der Waals surface area contributed by atoms with Gasteiger partial charge in [0.1, 0.15) is 0 Å². The van der Waals surface area contributed by atoms with Crippen LogP contribution >= 0.6 is 22.6 Å². The summed E-state index contributed by atoms with van der Waals surface area (Å²) in [6.07, 6.45) is 5.83. The van der Waals surface area contributed by atoms with Gasteiger partial charge in [-0.15, -0.1) is 0 Å². The van der Waals surface area contributed by atoms with Gasteiger partial charge < -0.3 is 0 Å². The molecule has 4 heteroatoms. The van der Waals surface area contributed by atoms with Crippen molar-refractivity contribution < 1.29 is 4.92 Å². The average molecular weight is 265 g/mol.